The molecule has 0 atom stereocenters. The molecular formula is C25H23N3O6S. The van der Waals surface area contributed by atoms with Crippen molar-refractivity contribution in [1.29, 1.82) is 0 Å². The molecule has 1 saturated carbocycles. The van der Waals surface area contributed by atoms with Crippen molar-refractivity contribution in [3.05, 3.63) is 96.9 Å². The molecule has 4 aromatic rings. The minimum atomic E-state index is -4.36. The molecule has 2 aromatic carbocycles. The second kappa shape index (κ2) is 8.09. The summed E-state index contributed by atoms with van der Waals surface area (Å²) < 4.78 is 35.1. The van der Waals surface area contributed by atoms with Gasteiger partial charge in [0.05, 0.1) is 5.69 Å². The summed E-state index contributed by atoms with van der Waals surface area (Å²) >= 11 is 0. The van der Waals surface area contributed by atoms with Gasteiger partial charge >= 0.3 is 15.8 Å². The maximum atomic E-state index is 13.6. The van der Waals surface area contributed by atoms with Crippen molar-refractivity contribution in [2.24, 2.45) is 7.05 Å². The lowest BCUT2D eigenvalue weighted by Gasteiger charge is -2.18. The summed E-state index contributed by atoms with van der Waals surface area (Å²) in [4.78, 5) is 39.9. The molecule has 0 unspecified atom stereocenters. The zero-order valence-corrected chi connectivity index (χ0v) is 20.2. The van der Waals surface area contributed by atoms with E-state index in [1.165, 1.54) is 23.7 Å². The summed E-state index contributed by atoms with van der Waals surface area (Å²) in [6.07, 6.45) is 1.30. The van der Waals surface area contributed by atoms with E-state index in [1.807, 2.05) is 19.9 Å². The maximum absolute atomic E-state index is 13.6. The Kier molecular flexibility index (Phi) is 5.28. The first-order valence-electron chi connectivity index (χ1n) is 11.1. The highest BCUT2D eigenvalue weighted by molar-refractivity contribution is 7.87. The van der Waals surface area contributed by atoms with E-state index in [0.29, 0.717) is 18.5 Å². The molecular weight excluding hydrogens is 470 g/mol. The standard InChI is InChI=1S/C25H23N3O6S/c1-15-7-11-19(12-8-15)35(32,33)34-20-14-21(29)26(3)23-22(20)24(30)28(17-9-10-17)25(31)27(23)18-6-4-5-16(2)13-18/h4-8,11-14,17H,9-10H2,1-3H3. The zero-order chi connectivity index (χ0) is 25.1. The van der Waals surface area contributed by atoms with Crippen molar-refractivity contribution in [3.8, 4) is 11.4 Å². The molecule has 35 heavy (non-hydrogen) atoms. The number of hydrogen-bond acceptors (Lipinski definition) is 6. The van der Waals surface area contributed by atoms with Gasteiger partial charge in [0.25, 0.3) is 11.1 Å². The van der Waals surface area contributed by atoms with E-state index in [-0.39, 0.29) is 22.0 Å². The first-order valence-corrected chi connectivity index (χ1v) is 12.5. The first kappa shape index (κ1) is 22.9. The van der Waals surface area contributed by atoms with Crippen molar-refractivity contribution in [2.75, 3.05) is 0 Å². The molecule has 0 radical (unpaired) electrons. The molecule has 9 nitrogen and oxygen atoms in total. The van der Waals surface area contributed by atoms with Crippen LogP contribution in [0.15, 0.2) is 73.9 Å². The molecule has 0 bridgehead atoms. The van der Waals surface area contributed by atoms with E-state index in [4.69, 9.17) is 4.18 Å². The summed E-state index contributed by atoms with van der Waals surface area (Å²) in [5.41, 5.74) is 0.219. The van der Waals surface area contributed by atoms with Crippen LogP contribution in [0.5, 0.6) is 5.75 Å². The van der Waals surface area contributed by atoms with Crippen LogP contribution in [0, 0.1) is 13.8 Å². The number of rotatable bonds is 5. The van der Waals surface area contributed by atoms with E-state index < -0.39 is 32.7 Å². The monoisotopic (exact) mass is 493 g/mol. The molecule has 0 N–H and O–H groups in total. The molecule has 0 saturated heterocycles. The van der Waals surface area contributed by atoms with E-state index in [1.54, 1.807) is 30.3 Å². The molecule has 2 heterocycles. The molecule has 5 rings (SSSR count). The fraction of sp³-hybridized carbons (Fsp3) is 0.240. The number of nitrogens with zero attached hydrogens (tertiary/aromatic N) is 3. The van der Waals surface area contributed by atoms with E-state index in [0.717, 1.165) is 26.3 Å². The molecule has 1 fully saturated rings. The van der Waals surface area contributed by atoms with Gasteiger partial charge in [0.15, 0.2) is 5.75 Å². The lowest BCUT2D eigenvalue weighted by Crippen LogP contribution is -2.41. The molecule has 180 valence electrons. The summed E-state index contributed by atoms with van der Waals surface area (Å²) in [7, 11) is -2.94. The predicted molar refractivity (Wildman–Crippen MR) is 131 cm³/mol. The lowest BCUT2D eigenvalue weighted by molar-refractivity contribution is 0.486. The summed E-state index contributed by atoms with van der Waals surface area (Å²) in [5, 5.41) is -0.157. The smallest absolute Gasteiger partial charge is 0.339 e. The minimum Gasteiger partial charge on any atom is -0.378 e. The SMILES string of the molecule is Cc1ccc(S(=O)(=O)Oc2cc(=O)n(C)c3c2c(=O)n(C2CC2)c(=O)n3-c2cccc(C)c2)cc1. The van der Waals surface area contributed by atoms with Crippen LogP contribution in [-0.2, 0) is 17.2 Å². The maximum Gasteiger partial charge on any atom is 0.339 e. The molecule has 0 aliphatic heterocycles. The van der Waals surface area contributed by atoms with Gasteiger partial charge in [0.2, 0.25) is 0 Å². The number of fused-ring (bicyclic) bond motifs is 1. The van der Waals surface area contributed by atoms with Crippen molar-refractivity contribution < 1.29 is 12.6 Å². The second-order valence-electron chi connectivity index (χ2n) is 8.82. The van der Waals surface area contributed by atoms with Crippen molar-refractivity contribution >= 4 is 21.2 Å². The van der Waals surface area contributed by atoms with Gasteiger partial charge in [-0.1, -0.05) is 29.8 Å². The topological polar surface area (TPSA) is 109 Å². The zero-order valence-electron chi connectivity index (χ0n) is 19.4. The third kappa shape index (κ3) is 3.89. The van der Waals surface area contributed by atoms with Crippen LogP contribution in [0.3, 0.4) is 0 Å². The van der Waals surface area contributed by atoms with Gasteiger partial charge in [-0.3, -0.25) is 18.7 Å². The Labute approximate surface area is 200 Å². The van der Waals surface area contributed by atoms with Crippen LogP contribution >= 0.6 is 0 Å². The van der Waals surface area contributed by atoms with Crippen molar-refractivity contribution in [1.82, 2.24) is 13.7 Å². The number of pyridine rings is 1. The van der Waals surface area contributed by atoms with Crippen LogP contribution in [-0.4, -0.2) is 22.1 Å². The van der Waals surface area contributed by atoms with Crippen LogP contribution < -0.4 is 21.0 Å². The Balaban J connectivity index is 1.87. The van der Waals surface area contributed by atoms with Gasteiger partial charge in [0, 0.05) is 19.2 Å². The van der Waals surface area contributed by atoms with Crippen LogP contribution in [0.2, 0.25) is 0 Å². The largest absolute Gasteiger partial charge is 0.378 e. The van der Waals surface area contributed by atoms with E-state index >= 15 is 0 Å². The minimum absolute atomic E-state index is 0.0379. The number of hydrogen-bond donors (Lipinski definition) is 0. The van der Waals surface area contributed by atoms with Gasteiger partial charge in [-0.05, 0) is 56.5 Å². The second-order valence-corrected chi connectivity index (χ2v) is 10.4. The molecule has 1 aliphatic rings. The Bertz CT molecular complexity index is 1780. The van der Waals surface area contributed by atoms with Crippen LogP contribution in [0.4, 0.5) is 0 Å². The highest BCUT2D eigenvalue weighted by Crippen LogP contribution is 2.33. The molecule has 0 spiro atoms. The molecule has 2 aromatic heterocycles. The third-order valence-electron chi connectivity index (χ3n) is 6.10. The summed E-state index contributed by atoms with van der Waals surface area (Å²) in [6.45, 7) is 3.67. The van der Waals surface area contributed by atoms with E-state index in [9.17, 15) is 22.8 Å². The van der Waals surface area contributed by atoms with Gasteiger partial charge in [-0.2, -0.15) is 8.42 Å². The fourth-order valence-corrected chi connectivity index (χ4v) is 5.06. The first-order chi connectivity index (χ1) is 16.6. The Hall–Kier alpha value is -3.92. The quantitative estimate of drug-likeness (QED) is 0.395. The molecule has 10 heteroatoms. The summed E-state index contributed by atoms with van der Waals surface area (Å²) in [6, 6.07) is 13.7. The molecule has 1 aliphatic carbocycles. The summed E-state index contributed by atoms with van der Waals surface area (Å²) in [5.74, 6) is -0.413. The molecule has 0 amide bonds. The Morgan fingerprint density at radius 3 is 2.23 bits per heavy atom. The van der Waals surface area contributed by atoms with Crippen LogP contribution in [0.1, 0.15) is 30.0 Å². The fourth-order valence-electron chi connectivity index (χ4n) is 4.12. The van der Waals surface area contributed by atoms with Crippen molar-refractivity contribution in [3.63, 3.8) is 0 Å². The average molecular weight is 494 g/mol. The third-order valence-corrected chi connectivity index (χ3v) is 7.34. The van der Waals surface area contributed by atoms with Crippen LogP contribution in [0.25, 0.3) is 16.7 Å². The average Bonchev–Trinajstić information content (AvgIpc) is 3.62. The van der Waals surface area contributed by atoms with Gasteiger partial charge < -0.3 is 4.18 Å². The Morgan fingerprint density at radius 1 is 0.914 bits per heavy atom. The predicted octanol–water partition coefficient (Wildman–Crippen LogP) is 2.57. The van der Waals surface area contributed by atoms with E-state index in [2.05, 4.69) is 0 Å². The Morgan fingerprint density at radius 2 is 1.60 bits per heavy atom. The normalized spacial score (nSPS) is 13.8. The lowest BCUT2D eigenvalue weighted by atomic mass is 10.2. The van der Waals surface area contributed by atoms with Gasteiger partial charge in [0.1, 0.15) is 15.9 Å². The number of aromatic nitrogens is 3. The highest BCUT2D eigenvalue weighted by Gasteiger charge is 2.32. The van der Waals surface area contributed by atoms with Gasteiger partial charge in [-0.25, -0.2) is 9.36 Å². The number of benzene rings is 2. The van der Waals surface area contributed by atoms with Crippen molar-refractivity contribution in [2.45, 2.75) is 37.6 Å². The number of aryl methyl sites for hydroxylation is 3. The highest BCUT2D eigenvalue weighted by atomic mass is 32.2. The van der Waals surface area contributed by atoms with Gasteiger partial charge in [-0.15, -0.1) is 0 Å².